The highest BCUT2D eigenvalue weighted by molar-refractivity contribution is 5.33. The Labute approximate surface area is 79.4 Å². The fourth-order valence-corrected chi connectivity index (χ4v) is 2.15. The first-order valence-corrected chi connectivity index (χ1v) is 4.81. The van der Waals surface area contributed by atoms with Gasteiger partial charge in [-0.15, -0.1) is 0 Å². The quantitative estimate of drug-likeness (QED) is 0.740. The van der Waals surface area contributed by atoms with Gasteiger partial charge in [0.2, 0.25) is 0 Å². The molecule has 2 N–H and O–H groups in total. The van der Waals surface area contributed by atoms with Crippen LogP contribution in [-0.2, 0) is 6.54 Å². The van der Waals surface area contributed by atoms with Crippen LogP contribution >= 0.6 is 0 Å². The largest absolute Gasteiger partial charge is 0.330 e. The van der Waals surface area contributed by atoms with Crippen LogP contribution in [0.25, 0.3) is 0 Å². The van der Waals surface area contributed by atoms with Crippen LogP contribution in [0.4, 0.5) is 0 Å². The van der Waals surface area contributed by atoms with E-state index < -0.39 is 0 Å². The fourth-order valence-electron chi connectivity index (χ4n) is 2.15. The van der Waals surface area contributed by atoms with Gasteiger partial charge < -0.3 is 5.73 Å². The van der Waals surface area contributed by atoms with Crippen molar-refractivity contribution in [2.45, 2.75) is 19.0 Å². The van der Waals surface area contributed by atoms with Gasteiger partial charge >= 0.3 is 0 Å². The fraction of sp³-hybridized carbons (Fsp3) is 0.455. The second kappa shape index (κ2) is 3.48. The molecule has 0 saturated carbocycles. The zero-order valence-electron chi connectivity index (χ0n) is 8.03. The van der Waals surface area contributed by atoms with E-state index in [2.05, 4.69) is 36.2 Å². The molecule has 1 aliphatic rings. The number of nitrogens with zero attached hydrogens (tertiary/aromatic N) is 1. The van der Waals surface area contributed by atoms with Crippen LogP contribution in [0.2, 0.25) is 0 Å². The van der Waals surface area contributed by atoms with Gasteiger partial charge in [-0.3, -0.25) is 4.90 Å². The maximum absolute atomic E-state index is 5.60. The van der Waals surface area contributed by atoms with Crippen molar-refractivity contribution < 1.29 is 0 Å². The Bertz CT molecular complexity index is 296. The first kappa shape index (κ1) is 8.73. The summed E-state index contributed by atoms with van der Waals surface area (Å²) in [6.45, 7) is 1.84. The van der Waals surface area contributed by atoms with Crippen LogP contribution in [0.15, 0.2) is 24.3 Å². The maximum atomic E-state index is 5.60. The van der Waals surface area contributed by atoms with Crippen molar-refractivity contribution in [3.63, 3.8) is 0 Å². The number of benzene rings is 1. The molecule has 1 heterocycles. The van der Waals surface area contributed by atoms with Crippen molar-refractivity contribution in [2.24, 2.45) is 5.73 Å². The van der Waals surface area contributed by atoms with E-state index in [1.165, 1.54) is 11.1 Å². The van der Waals surface area contributed by atoms with E-state index in [1.54, 1.807) is 0 Å². The van der Waals surface area contributed by atoms with Crippen molar-refractivity contribution >= 4 is 0 Å². The van der Waals surface area contributed by atoms with Crippen LogP contribution in [0.1, 0.15) is 23.6 Å². The lowest BCUT2D eigenvalue weighted by atomic mass is 10.0. The SMILES string of the molecule is CN1Cc2ccccc2[C@@H]1CCN. The monoisotopic (exact) mass is 176 g/mol. The van der Waals surface area contributed by atoms with Crippen LogP contribution in [-0.4, -0.2) is 18.5 Å². The highest BCUT2D eigenvalue weighted by atomic mass is 15.1. The minimum Gasteiger partial charge on any atom is -0.330 e. The molecule has 70 valence electrons. The Kier molecular flexibility index (Phi) is 2.34. The number of nitrogens with two attached hydrogens (primary N) is 1. The summed E-state index contributed by atoms with van der Waals surface area (Å²) in [5, 5.41) is 0. The molecule has 0 spiro atoms. The highest BCUT2D eigenvalue weighted by Crippen LogP contribution is 2.33. The molecule has 0 unspecified atom stereocenters. The van der Waals surface area contributed by atoms with E-state index in [4.69, 9.17) is 5.73 Å². The first-order valence-electron chi connectivity index (χ1n) is 4.81. The molecule has 1 atom stereocenters. The topological polar surface area (TPSA) is 29.3 Å². The van der Waals surface area contributed by atoms with Crippen molar-refractivity contribution in [1.82, 2.24) is 4.90 Å². The third-order valence-corrected chi connectivity index (χ3v) is 2.81. The zero-order valence-corrected chi connectivity index (χ0v) is 8.03. The zero-order chi connectivity index (χ0) is 9.26. The standard InChI is InChI=1S/C11H16N2/c1-13-8-9-4-2-3-5-10(9)11(13)6-7-12/h2-5,11H,6-8,12H2,1H3/t11-/m0/s1. The molecule has 2 nitrogen and oxygen atoms in total. The Morgan fingerprint density at radius 3 is 3.00 bits per heavy atom. The Balaban J connectivity index is 2.29. The van der Waals surface area contributed by atoms with E-state index in [9.17, 15) is 0 Å². The van der Waals surface area contributed by atoms with Gasteiger partial charge in [0, 0.05) is 12.6 Å². The molecular weight excluding hydrogens is 160 g/mol. The number of fused-ring (bicyclic) bond motifs is 1. The second-order valence-corrected chi connectivity index (χ2v) is 3.71. The molecule has 0 radical (unpaired) electrons. The summed E-state index contributed by atoms with van der Waals surface area (Å²) in [5.74, 6) is 0. The van der Waals surface area contributed by atoms with Gasteiger partial charge in [-0.25, -0.2) is 0 Å². The molecule has 0 aromatic heterocycles. The lowest BCUT2D eigenvalue weighted by Gasteiger charge is -2.19. The minimum absolute atomic E-state index is 0.543. The predicted octanol–water partition coefficient (Wildman–Crippen LogP) is 1.52. The van der Waals surface area contributed by atoms with Crippen molar-refractivity contribution in [2.75, 3.05) is 13.6 Å². The molecule has 1 aliphatic heterocycles. The molecule has 0 amide bonds. The van der Waals surface area contributed by atoms with Gasteiger partial charge in [0.25, 0.3) is 0 Å². The predicted molar refractivity (Wildman–Crippen MR) is 54.3 cm³/mol. The Morgan fingerprint density at radius 1 is 1.46 bits per heavy atom. The molecular formula is C11H16N2. The van der Waals surface area contributed by atoms with Gasteiger partial charge in [-0.2, -0.15) is 0 Å². The van der Waals surface area contributed by atoms with Crippen LogP contribution < -0.4 is 5.73 Å². The van der Waals surface area contributed by atoms with Gasteiger partial charge in [-0.05, 0) is 31.1 Å². The third kappa shape index (κ3) is 1.47. The minimum atomic E-state index is 0.543. The lowest BCUT2D eigenvalue weighted by Crippen LogP contribution is -2.19. The third-order valence-electron chi connectivity index (χ3n) is 2.81. The molecule has 2 rings (SSSR count). The summed E-state index contributed by atoms with van der Waals surface area (Å²) in [7, 11) is 2.17. The average molecular weight is 176 g/mol. The number of hydrogen-bond donors (Lipinski definition) is 1. The van der Waals surface area contributed by atoms with Crippen molar-refractivity contribution in [1.29, 1.82) is 0 Å². The van der Waals surface area contributed by atoms with E-state index in [1.807, 2.05) is 0 Å². The summed E-state index contributed by atoms with van der Waals surface area (Å²) in [4.78, 5) is 2.37. The molecule has 0 aliphatic carbocycles. The Morgan fingerprint density at radius 2 is 2.23 bits per heavy atom. The smallest absolute Gasteiger partial charge is 0.0363 e. The lowest BCUT2D eigenvalue weighted by molar-refractivity contribution is 0.258. The molecule has 1 aromatic rings. The average Bonchev–Trinajstić information content (AvgIpc) is 2.44. The first-order chi connectivity index (χ1) is 6.33. The summed E-state index contributed by atoms with van der Waals surface area (Å²) >= 11 is 0. The van der Waals surface area contributed by atoms with E-state index in [0.29, 0.717) is 6.04 Å². The van der Waals surface area contributed by atoms with Crippen molar-refractivity contribution in [3.05, 3.63) is 35.4 Å². The van der Waals surface area contributed by atoms with E-state index in [0.717, 1.165) is 19.5 Å². The maximum Gasteiger partial charge on any atom is 0.0363 e. The van der Waals surface area contributed by atoms with E-state index >= 15 is 0 Å². The molecule has 0 fully saturated rings. The molecule has 0 saturated heterocycles. The molecule has 13 heavy (non-hydrogen) atoms. The van der Waals surface area contributed by atoms with Gasteiger partial charge in [0.15, 0.2) is 0 Å². The van der Waals surface area contributed by atoms with Crippen LogP contribution in [0, 0.1) is 0 Å². The number of hydrogen-bond acceptors (Lipinski definition) is 2. The van der Waals surface area contributed by atoms with Gasteiger partial charge in [0.05, 0.1) is 0 Å². The van der Waals surface area contributed by atoms with Crippen molar-refractivity contribution in [3.8, 4) is 0 Å². The molecule has 2 heteroatoms. The highest BCUT2D eigenvalue weighted by Gasteiger charge is 2.25. The number of rotatable bonds is 2. The van der Waals surface area contributed by atoms with Gasteiger partial charge in [-0.1, -0.05) is 24.3 Å². The van der Waals surface area contributed by atoms with Crippen LogP contribution in [0.3, 0.4) is 0 Å². The van der Waals surface area contributed by atoms with Crippen LogP contribution in [0.5, 0.6) is 0 Å². The summed E-state index contributed by atoms with van der Waals surface area (Å²) in [5.41, 5.74) is 8.53. The normalized spacial score (nSPS) is 21.8. The molecule has 1 aromatic carbocycles. The Hall–Kier alpha value is -0.860. The van der Waals surface area contributed by atoms with E-state index in [-0.39, 0.29) is 0 Å². The molecule has 0 bridgehead atoms. The summed E-state index contributed by atoms with van der Waals surface area (Å²) in [6, 6.07) is 9.20. The summed E-state index contributed by atoms with van der Waals surface area (Å²) in [6.07, 6.45) is 1.06. The van der Waals surface area contributed by atoms with Gasteiger partial charge in [0.1, 0.15) is 0 Å². The second-order valence-electron chi connectivity index (χ2n) is 3.71. The summed E-state index contributed by atoms with van der Waals surface area (Å²) < 4.78 is 0.